The summed E-state index contributed by atoms with van der Waals surface area (Å²) in [5.74, 6) is 1.45. The second kappa shape index (κ2) is 8.44. The second-order valence-electron chi connectivity index (χ2n) is 7.11. The van der Waals surface area contributed by atoms with E-state index in [1.54, 1.807) is 0 Å². The molecular weight excluding hydrogens is 354 g/mol. The monoisotopic (exact) mass is 379 g/mol. The van der Waals surface area contributed by atoms with Crippen molar-refractivity contribution in [3.05, 3.63) is 60.4 Å². The summed E-state index contributed by atoms with van der Waals surface area (Å²) in [5, 5.41) is 3.07. The van der Waals surface area contributed by atoms with Crippen molar-refractivity contribution in [2.75, 3.05) is 6.61 Å². The van der Waals surface area contributed by atoms with E-state index in [9.17, 15) is 4.79 Å². The molecule has 1 fully saturated rings. The van der Waals surface area contributed by atoms with Crippen LogP contribution in [-0.2, 0) is 22.7 Å². The lowest BCUT2D eigenvalue weighted by Gasteiger charge is -2.20. The molecule has 1 aliphatic heterocycles. The van der Waals surface area contributed by atoms with Crippen LogP contribution < -0.4 is 10.1 Å². The highest BCUT2D eigenvalue weighted by atomic mass is 16.5. The van der Waals surface area contributed by atoms with Gasteiger partial charge in [-0.15, -0.1) is 0 Å². The minimum atomic E-state index is -0.0490. The maximum Gasteiger partial charge on any atom is 0.240 e. The van der Waals surface area contributed by atoms with E-state index in [4.69, 9.17) is 9.47 Å². The summed E-state index contributed by atoms with van der Waals surface area (Å²) in [6, 6.07) is 17.4. The molecule has 4 rings (SSSR count). The molecule has 1 amide bonds. The lowest BCUT2D eigenvalue weighted by molar-refractivity contribution is -0.123. The molecule has 2 aromatic carbocycles. The van der Waals surface area contributed by atoms with Crippen molar-refractivity contribution < 1.29 is 14.3 Å². The lowest BCUT2D eigenvalue weighted by Crippen LogP contribution is -2.42. The molecule has 1 aliphatic rings. The highest BCUT2D eigenvalue weighted by molar-refractivity contribution is 5.81. The number of nitrogens with zero attached hydrogens (tertiary/aromatic N) is 2. The number of amides is 1. The van der Waals surface area contributed by atoms with Crippen LogP contribution >= 0.6 is 0 Å². The minimum Gasteiger partial charge on any atom is -0.486 e. The Hall–Kier alpha value is -2.86. The number of carbonyl (C=O) groups excluding carboxylic acids is 1. The van der Waals surface area contributed by atoms with Crippen molar-refractivity contribution in [2.24, 2.45) is 0 Å². The first kappa shape index (κ1) is 18.5. The van der Waals surface area contributed by atoms with Gasteiger partial charge in [0.15, 0.2) is 0 Å². The molecule has 0 aliphatic carbocycles. The van der Waals surface area contributed by atoms with Gasteiger partial charge in [0, 0.05) is 6.61 Å². The van der Waals surface area contributed by atoms with E-state index in [1.165, 1.54) is 0 Å². The summed E-state index contributed by atoms with van der Waals surface area (Å²) in [4.78, 5) is 17.4. The highest BCUT2D eigenvalue weighted by Gasteiger charge is 2.24. The van der Waals surface area contributed by atoms with Gasteiger partial charge in [-0.2, -0.15) is 0 Å². The number of hydrogen-bond acceptors (Lipinski definition) is 4. The Balaban J connectivity index is 1.50. The fourth-order valence-corrected chi connectivity index (χ4v) is 3.61. The van der Waals surface area contributed by atoms with Crippen LogP contribution in [0.25, 0.3) is 11.0 Å². The topological polar surface area (TPSA) is 65.4 Å². The first-order chi connectivity index (χ1) is 13.7. The zero-order chi connectivity index (χ0) is 19.3. The number of hydrogen-bond donors (Lipinski definition) is 1. The van der Waals surface area contributed by atoms with Gasteiger partial charge in [0.2, 0.25) is 5.91 Å². The van der Waals surface area contributed by atoms with E-state index in [2.05, 4.69) is 10.3 Å². The van der Waals surface area contributed by atoms with Gasteiger partial charge in [-0.25, -0.2) is 4.98 Å². The van der Waals surface area contributed by atoms with Crippen molar-refractivity contribution in [3.8, 4) is 5.75 Å². The lowest BCUT2D eigenvalue weighted by atomic mass is 10.1. The fourth-order valence-electron chi connectivity index (χ4n) is 3.61. The van der Waals surface area contributed by atoms with Gasteiger partial charge < -0.3 is 19.4 Å². The Morgan fingerprint density at radius 1 is 1.25 bits per heavy atom. The third-order valence-corrected chi connectivity index (χ3v) is 5.06. The number of aromatic nitrogens is 2. The third-order valence-electron chi connectivity index (χ3n) is 5.06. The van der Waals surface area contributed by atoms with Gasteiger partial charge in [-0.05, 0) is 44.0 Å². The predicted molar refractivity (Wildman–Crippen MR) is 107 cm³/mol. The molecule has 0 spiro atoms. The summed E-state index contributed by atoms with van der Waals surface area (Å²) in [5.41, 5.74) is 1.78. The molecule has 0 radical (unpaired) electrons. The smallest absolute Gasteiger partial charge is 0.240 e. The average molecular weight is 379 g/mol. The predicted octanol–water partition coefficient (Wildman–Crippen LogP) is 3.30. The zero-order valence-corrected chi connectivity index (χ0v) is 16.0. The van der Waals surface area contributed by atoms with Gasteiger partial charge >= 0.3 is 0 Å². The number of para-hydroxylation sites is 3. The molecule has 2 atom stereocenters. The summed E-state index contributed by atoms with van der Waals surface area (Å²) in [6.07, 6.45) is 2.15. The SMILES string of the molecule is CC(NC(=O)Cn1c(COc2ccccc2)nc2ccccc21)C1CCCO1. The minimum absolute atomic E-state index is 0.00574. The van der Waals surface area contributed by atoms with Crippen LogP contribution in [0.5, 0.6) is 5.75 Å². The first-order valence-corrected chi connectivity index (χ1v) is 9.73. The van der Waals surface area contributed by atoms with Crippen LogP contribution in [0.2, 0.25) is 0 Å². The number of carbonyl (C=O) groups is 1. The van der Waals surface area contributed by atoms with Gasteiger partial charge in [0.1, 0.15) is 24.7 Å². The van der Waals surface area contributed by atoms with Crippen LogP contribution in [0.3, 0.4) is 0 Å². The molecule has 1 saturated heterocycles. The zero-order valence-electron chi connectivity index (χ0n) is 16.0. The molecule has 2 heterocycles. The van der Waals surface area contributed by atoms with Crippen LogP contribution in [0.1, 0.15) is 25.6 Å². The van der Waals surface area contributed by atoms with Crippen molar-refractivity contribution >= 4 is 16.9 Å². The molecule has 146 valence electrons. The Morgan fingerprint density at radius 2 is 2.04 bits per heavy atom. The van der Waals surface area contributed by atoms with Crippen molar-refractivity contribution in [2.45, 2.75) is 45.1 Å². The number of benzene rings is 2. The van der Waals surface area contributed by atoms with Crippen LogP contribution in [0, 0.1) is 0 Å². The number of ether oxygens (including phenoxy) is 2. The van der Waals surface area contributed by atoms with Gasteiger partial charge in [-0.3, -0.25) is 4.79 Å². The molecule has 1 aromatic heterocycles. The molecule has 6 heteroatoms. The number of fused-ring (bicyclic) bond motifs is 1. The van der Waals surface area contributed by atoms with Crippen LogP contribution in [0.4, 0.5) is 0 Å². The molecule has 1 N–H and O–H groups in total. The maximum atomic E-state index is 12.7. The molecule has 28 heavy (non-hydrogen) atoms. The largest absolute Gasteiger partial charge is 0.486 e. The summed E-state index contributed by atoms with van der Waals surface area (Å²) < 4.78 is 13.5. The van der Waals surface area contributed by atoms with E-state index in [0.29, 0.717) is 6.61 Å². The molecular formula is C22H25N3O3. The quantitative estimate of drug-likeness (QED) is 0.684. The molecule has 6 nitrogen and oxygen atoms in total. The Labute approximate surface area is 164 Å². The molecule has 0 bridgehead atoms. The standard InChI is InChI=1S/C22H25N3O3/c1-16(20-12-7-13-27-20)23-22(26)14-25-19-11-6-5-10-18(19)24-21(25)15-28-17-8-3-2-4-9-17/h2-6,8-11,16,20H,7,12-15H2,1H3,(H,23,26). The number of rotatable bonds is 7. The average Bonchev–Trinajstić information content (AvgIpc) is 3.36. The number of nitrogens with one attached hydrogen (secondary N) is 1. The first-order valence-electron chi connectivity index (χ1n) is 9.73. The van der Waals surface area contributed by atoms with Crippen molar-refractivity contribution in [1.82, 2.24) is 14.9 Å². The van der Waals surface area contributed by atoms with E-state index < -0.39 is 0 Å². The summed E-state index contributed by atoms with van der Waals surface area (Å²) in [7, 11) is 0. The highest BCUT2D eigenvalue weighted by Crippen LogP contribution is 2.19. The van der Waals surface area contributed by atoms with E-state index >= 15 is 0 Å². The third kappa shape index (κ3) is 4.17. The maximum absolute atomic E-state index is 12.7. The Bertz CT molecular complexity index is 933. The van der Waals surface area contributed by atoms with Gasteiger partial charge in [-0.1, -0.05) is 30.3 Å². The van der Waals surface area contributed by atoms with E-state index in [1.807, 2.05) is 66.1 Å². The number of imidazole rings is 1. The Morgan fingerprint density at radius 3 is 2.82 bits per heavy atom. The van der Waals surface area contributed by atoms with Crippen molar-refractivity contribution in [1.29, 1.82) is 0 Å². The van der Waals surface area contributed by atoms with Crippen LogP contribution in [0.15, 0.2) is 54.6 Å². The summed E-state index contributed by atoms with van der Waals surface area (Å²) in [6.45, 7) is 3.27. The van der Waals surface area contributed by atoms with E-state index in [-0.39, 0.29) is 24.6 Å². The second-order valence-corrected chi connectivity index (χ2v) is 7.11. The molecule has 0 saturated carbocycles. The van der Waals surface area contributed by atoms with Crippen LogP contribution in [-0.4, -0.2) is 34.2 Å². The van der Waals surface area contributed by atoms with Gasteiger partial charge in [0.05, 0.1) is 23.2 Å². The van der Waals surface area contributed by atoms with E-state index in [0.717, 1.165) is 42.1 Å². The molecule has 2 unspecified atom stereocenters. The van der Waals surface area contributed by atoms with Crippen molar-refractivity contribution in [3.63, 3.8) is 0 Å². The Kier molecular flexibility index (Phi) is 5.58. The van der Waals surface area contributed by atoms with Gasteiger partial charge in [0.25, 0.3) is 0 Å². The molecule has 3 aromatic rings. The fraction of sp³-hybridized carbons (Fsp3) is 0.364. The normalized spacial score (nSPS) is 17.5. The summed E-state index contributed by atoms with van der Waals surface area (Å²) >= 11 is 0.